The number of hydrogen-bond acceptors (Lipinski definition) is 2. The minimum atomic E-state index is 0.123. The molecule has 0 aliphatic carbocycles. The first-order valence-corrected chi connectivity index (χ1v) is 6.96. The van der Waals surface area contributed by atoms with Crippen LogP contribution in [-0.2, 0) is 23.1 Å². The molecular formula is C16H25NO. The van der Waals surface area contributed by atoms with Gasteiger partial charge in [-0.15, -0.1) is 0 Å². The lowest BCUT2D eigenvalue weighted by Gasteiger charge is -2.44. The van der Waals surface area contributed by atoms with Crippen LogP contribution in [0.15, 0.2) is 18.2 Å². The van der Waals surface area contributed by atoms with Gasteiger partial charge in [-0.1, -0.05) is 25.1 Å². The van der Waals surface area contributed by atoms with Gasteiger partial charge in [0.25, 0.3) is 0 Å². The van der Waals surface area contributed by atoms with E-state index in [1.165, 1.54) is 16.7 Å². The zero-order valence-electron chi connectivity index (χ0n) is 12.1. The minimum Gasteiger partial charge on any atom is -0.383 e. The molecule has 0 bridgehead atoms. The number of hydrogen-bond donors (Lipinski definition) is 0. The highest BCUT2D eigenvalue weighted by atomic mass is 16.5. The normalized spacial score (nSPS) is 18.7. The summed E-state index contributed by atoms with van der Waals surface area (Å²) in [5.74, 6) is 0. The molecule has 100 valence electrons. The van der Waals surface area contributed by atoms with Crippen LogP contribution in [0.4, 0.5) is 0 Å². The zero-order valence-corrected chi connectivity index (χ0v) is 12.1. The molecule has 0 aromatic heterocycles. The fourth-order valence-corrected chi connectivity index (χ4v) is 2.97. The maximum absolute atomic E-state index is 5.22. The molecule has 2 heteroatoms. The summed E-state index contributed by atoms with van der Waals surface area (Å²) in [5.41, 5.74) is 4.60. The monoisotopic (exact) mass is 247 g/mol. The van der Waals surface area contributed by atoms with Gasteiger partial charge >= 0.3 is 0 Å². The molecule has 0 unspecified atom stereocenters. The number of methoxy groups -OCH3 is 1. The molecule has 0 atom stereocenters. The maximum atomic E-state index is 5.22. The van der Waals surface area contributed by atoms with Crippen LogP contribution < -0.4 is 0 Å². The van der Waals surface area contributed by atoms with Crippen molar-refractivity contribution in [3.05, 3.63) is 34.9 Å². The second-order valence-electron chi connectivity index (χ2n) is 5.63. The molecule has 1 aromatic rings. The smallest absolute Gasteiger partial charge is 0.0589 e. The van der Waals surface area contributed by atoms with Crippen LogP contribution in [-0.4, -0.2) is 31.7 Å². The van der Waals surface area contributed by atoms with Crippen LogP contribution in [0.5, 0.6) is 0 Å². The molecule has 1 aliphatic rings. The van der Waals surface area contributed by atoms with Crippen molar-refractivity contribution in [2.24, 2.45) is 0 Å². The average molecular weight is 247 g/mol. The highest BCUT2D eigenvalue weighted by Crippen LogP contribution is 2.35. The standard InChI is InChI=1S/C16H25NO/c1-5-13-6-7-15-14(12-13)8-9-17(10-11-18-4)16(15,2)3/h6-7,12H,5,8-11H2,1-4H3. The molecule has 2 nitrogen and oxygen atoms in total. The van der Waals surface area contributed by atoms with E-state index in [9.17, 15) is 0 Å². The summed E-state index contributed by atoms with van der Waals surface area (Å²) < 4.78 is 5.22. The van der Waals surface area contributed by atoms with E-state index in [-0.39, 0.29) is 5.54 Å². The Bertz CT molecular complexity index is 412. The van der Waals surface area contributed by atoms with Gasteiger partial charge in [0.2, 0.25) is 0 Å². The second kappa shape index (κ2) is 5.41. The first kappa shape index (κ1) is 13.6. The lowest BCUT2D eigenvalue weighted by atomic mass is 9.82. The van der Waals surface area contributed by atoms with Crippen molar-refractivity contribution in [1.29, 1.82) is 0 Å². The Hall–Kier alpha value is -0.860. The summed E-state index contributed by atoms with van der Waals surface area (Å²) in [5, 5.41) is 0. The Morgan fingerprint density at radius 2 is 2.11 bits per heavy atom. The Morgan fingerprint density at radius 3 is 2.78 bits per heavy atom. The molecule has 0 radical (unpaired) electrons. The van der Waals surface area contributed by atoms with Crippen molar-refractivity contribution in [1.82, 2.24) is 4.90 Å². The largest absolute Gasteiger partial charge is 0.383 e. The van der Waals surface area contributed by atoms with Crippen molar-refractivity contribution in [3.8, 4) is 0 Å². The van der Waals surface area contributed by atoms with Crippen molar-refractivity contribution in [2.75, 3.05) is 26.8 Å². The van der Waals surface area contributed by atoms with E-state index < -0.39 is 0 Å². The molecule has 0 saturated carbocycles. The van der Waals surface area contributed by atoms with Crippen molar-refractivity contribution in [3.63, 3.8) is 0 Å². The molecular weight excluding hydrogens is 222 g/mol. The predicted molar refractivity (Wildman–Crippen MR) is 76.0 cm³/mol. The fraction of sp³-hybridized carbons (Fsp3) is 0.625. The van der Waals surface area contributed by atoms with Gasteiger partial charge in [0.05, 0.1) is 6.61 Å². The van der Waals surface area contributed by atoms with Crippen molar-refractivity contribution in [2.45, 2.75) is 39.2 Å². The van der Waals surface area contributed by atoms with E-state index in [2.05, 4.69) is 43.9 Å². The van der Waals surface area contributed by atoms with Gasteiger partial charge in [-0.3, -0.25) is 4.90 Å². The van der Waals surface area contributed by atoms with Gasteiger partial charge in [0.1, 0.15) is 0 Å². The van der Waals surface area contributed by atoms with Gasteiger partial charge in [-0.05, 0) is 43.4 Å². The van der Waals surface area contributed by atoms with E-state index in [1.54, 1.807) is 7.11 Å². The number of benzene rings is 1. The molecule has 1 aromatic carbocycles. The Labute approximate surface area is 111 Å². The van der Waals surface area contributed by atoms with Crippen LogP contribution in [0.25, 0.3) is 0 Å². The third-order valence-corrected chi connectivity index (χ3v) is 4.24. The second-order valence-corrected chi connectivity index (χ2v) is 5.63. The first-order valence-electron chi connectivity index (χ1n) is 6.96. The Morgan fingerprint density at radius 1 is 1.33 bits per heavy atom. The molecule has 18 heavy (non-hydrogen) atoms. The van der Waals surface area contributed by atoms with E-state index in [0.717, 1.165) is 32.5 Å². The summed E-state index contributed by atoms with van der Waals surface area (Å²) in [6.45, 7) is 9.83. The van der Waals surface area contributed by atoms with Crippen molar-refractivity contribution >= 4 is 0 Å². The first-order chi connectivity index (χ1) is 8.59. The number of rotatable bonds is 4. The molecule has 0 amide bonds. The van der Waals surface area contributed by atoms with Crippen LogP contribution in [0.1, 0.15) is 37.5 Å². The minimum absolute atomic E-state index is 0.123. The van der Waals surface area contributed by atoms with Gasteiger partial charge in [0, 0.05) is 25.7 Å². The lowest BCUT2D eigenvalue weighted by Crippen LogP contribution is -2.48. The van der Waals surface area contributed by atoms with Crippen molar-refractivity contribution < 1.29 is 4.74 Å². The zero-order chi connectivity index (χ0) is 13.2. The van der Waals surface area contributed by atoms with E-state index >= 15 is 0 Å². The van der Waals surface area contributed by atoms with E-state index in [4.69, 9.17) is 4.74 Å². The van der Waals surface area contributed by atoms with Crippen LogP contribution in [0, 0.1) is 0 Å². The molecule has 0 fully saturated rings. The third kappa shape index (κ3) is 2.45. The van der Waals surface area contributed by atoms with E-state index in [1.807, 2.05) is 0 Å². The number of fused-ring (bicyclic) bond motifs is 1. The van der Waals surface area contributed by atoms with E-state index in [0.29, 0.717) is 0 Å². The number of aryl methyl sites for hydroxylation is 1. The topological polar surface area (TPSA) is 12.5 Å². The Balaban J connectivity index is 2.27. The fourth-order valence-electron chi connectivity index (χ4n) is 2.97. The molecule has 0 saturated heterocycles. The summed E-state index contributed by atoms with van der Waals surface area (Å²) in [4.78, 5) is 2.53. The van der Waals surface area contributed by atoms with Crippen LogP contribution in [0.3, 0.4) is 0 Å². The predicted octanol–water partition coefficient (Wildman–Crippen LogP) is 2.99. The molecule has 1 aliphatic heterocycles. The highest BCUT2D eigenvalue weighted by molar-refractivity contribution is 5.38. The summed E-state index contributed by atoms with van der Waals surface area (Å²) >= 11 is 0. The quantitative estimate of drug-likeness (QED) is 0.811. The van der Waals surface area contributed by atoms with Crippen LogP contribution >= 0.6 is 0 Å². The molecule has 1 heterocycles. The Kier molecular flexibility index (Phi) is 4.08. The van der Waals surface area contributed by atoms with Crippen LogP contribution in [0.2, 0.25) is 0 Å². The summed E-state index contributed by atoms with van der Waals surface area (Å²) in [6, 6.07) is 7.00. The molecule has 0 spiro atoms. The number of nitrogens with zero attached hydrogens (tertiary/aromatic N) is 1. The van der Waals surface area contributed by atoms with Gasteiger partial charge in [-0.25, -0.2) is 0 Å². The summed E-state index contributed by atoms with van der Waals surface area (Å²) in [6.07, 6.45) is 2.29. The average Bonchev–Trinajstić information content (AvgIpc) is 2.37. The highest BCUT2D eigenvalue weighted by Gasteiger charge is 2.33. The molecule has 0 N–H and O–H groups in total. The third-order valence-electron chi connectivity index (χ3n) is 4.24. The number of ether oxygens (including phenoxy) is 1. The van der Waals surface area contributed by atoms with Gasteiger partial charge < -0.3 is 4.74 Å². The van der Waals surface area contributed by atoms with Gasteiger partial charge in [-0.2, -0.15) is 0 Å². The van der Waals surface area contributed by atoms with Gasteiger partial charge in [0.15, 0.2) is 0 Å². The molecule has 2 rings (SSSR count). The SMILES string of the molecule is CCc1ccc2c(c1)CCN(CCOC)C2(C)C. The maximum Gasteiger partial charge on any atom is 0.0589 e. The summed E-state index contributed by atoms with van der Waals surface area (Å²) in [7, 11) is 1.78. The lowest BCUT2D eigenvalue weighted by molar-refractivity contribution is 0.0677.